The Morgan fingerprint density at radius 2 is 1.91 bits per heavy atom. The Balaban J connectivity index is 1.51. The zero-order valence-electron chi connectivity index (χ0n) is 18.4. The number of rotatable bonds is 5. The molecular weight excluding hydrogens is 418 g/mol. The third-order valence-electron chi connectivity index (χ3n) is 5.98. The van der Waals surface area contributed by atoms with Gasteiger partial charge in [-0.05, 0) is 31.0 Å². The fourth-order valence-corrected chi connectivity index (χ4v) is 4.33. The largest absolute Gasteiger partial charge is 0.467 e. The maximum Gasteiger partial charge on any atom is 0.254 e. The topological polar surface area (TPSA) is 93.3 Å². The maximum absolute atomic E-state index is 13.6. The molecule has 168 valence electrons. The van der Waals surface area contributed by atoms with Crippen molar-refractivity contribution in [2.24, 2.45) is 0 Å². The van der Waals surface area contributed by atoms with Crippen molar-refractivity contribution in [3.8, 4) is 11.3 Å². The fourth-order valence-electron chi connectivity index (χ4n) is 4.33. The van der Waals surface area contributed by atoms with Gasteiger partial charge in [0, 0.05) is 31.6 Å². The number of piperidine rings is 1. The van der Waals surface area contributed by atoms with Gasteiger partial charge in [-0.2, -0.15) is 5.10 Å². The third kappa shape index (κ3) is 4.37. The van der Waals surface area contributed by atoms with Crippen molar-refractivity contribution in [1.29, 1.82) is 0 Å². The second kappa shape index (κ2) is 8.90. The minimum atomic E-state index is -0.0431. The van der Waals surface area contributed by atoms with E-state index in [1.807, 2.05) is 53.4 Å². The normalized spacial score (nSPS) is 14.5. The summed E-state index contributed by atoms with van der Waals surface area (Å²) in [5, 5.41) is 8.19. The molecule has 0 unspecified atom stereocenters. The second-order valence-corrected chi connectivity index (χ2v) is 8.31. The van der Waals surface area contributed by atoms with Crippen molar-refractivity contribution >= 4 is 22.8 Å². The number of nitrogens with zero attached hydrogens (tertiary/aromatic N) is 4. The molecule has 0 bridgehead atoms. The molecule has 4 heterocycles. The van der Waals surface area contributed by atoms with Crippen molar-refractivity contribution in [2.75, 3.05) is 13.1 Å². The molecule has 8 heteroatoms. The smallest absolute Gasteiger partial charge is 0.254 e. The van der Waals surface area contributed by atoms with E-state index in [0.717, 1.165) is 35.2 Å². The van der Waals surface area contributed by atoms with Gasteiger partial charge in [0.15, 0.2) is 5.65 Å². The molecule has 0 atom stereocenters. The molecule has 2 amide bonds. The first-order valence-corrected chi connectivity index (χ1v) is 11.1. The highest BCUT2D eigenvalue weighted by atomic mass is 16.3. The van der Waals surface area contributed by atoms with Crippen molar-refractivity contribution in [2.45, 2.75) is 32.4 Å². The number of likely N-dealkylation sites (tertiary alicyclic amines) is 1. The lowest BCUT2D eigenvalue weighted by Gasteiger charge is -2.32. The molecule has 1 fully saturated rings. The minimum absolute atomic E-state index is 0.0351. The highest BCUT2D eigenvalue weighted by Crippen LogP contribution is 2.27. The minimum Gasteiger partial charge on any atom is -0.467 e. The number of hydrogen-bond donors (Lipinski definition) is 1. The summed E-state index contributed by atoms with van der Waals surface area (Å²) in [7, 11) is 0. The average Bonchev–Trinajstić information content (AvgIpc) is 3.49. The van der Waals surface area contributed by atoms with Crippen LogP contribution in [0.25, 0.3) is 22.3 Å². The van der Waals surface area contributed by atoms with Gasteiger partial charge in [-0.25, -0.2) is 9.67 Å². The first kappa shape index (κ1) is 20.9. The van der Waals surface area contributed by atoms with E-state index in [-0.39, 0.29) is 17.9 Å². The van der Waals surface area contributed by atoms with Crippen LogP contribution in [0, 0.1) is 0 Å². The first-order valence-electron chi connectivity index (χ1n) is 11.1. The number of pyridine rings is 1. The molecular formula is C25H25N5O3. The monoisotopic (exact) mass is 443 g/mol. The Hall–Kier alpha value is -3.94. The molecule has 1 N–H and O–H groups in total. The number of aromatic nitrogens is 3. The van der Waals surface area contributed by atoms with E-state index in [9.17, 15) is 9.59 Å². The Labute approximate surface area is 191 Å². The Morgan fingerprint density at radius 1 is 1.12 bits per heavy atom. The number of hydrogen-bond acceptors (Lipinski definition) is 5. The highest BCUT2D eigenvalue weighted by molar-refractivity contribution is 6.06. The van der Waals surface area contributed by atoms with Gasteiger partial charge in [0.25, 0.3) is 5.91 Å². The van der Waals surface area contributed by atoms with Gasteiger partial charge in [0.05, 0.1) is 29.1 Å². The number of amides is 2. The number of fused-ring (bicyclic) bond motifs is 1. The van der Waals surface area contributed by atoms with Crippen LogP contribution in [0.2, 0.25) is 0 Å². The molecule has 0 saturated carbocycles. The molecule has 0 radical (unpaired) electrons. The lowest BCUT2D eigenvalue weighted by Crippen LogP contribution is -2.46. The Morgan fingerprint density at radius 3 is 2.61 bits per heavy atom. The summed E-state index contributed by atoms with van der Waals surface area (Å²) in [6, 6.07) is 15.5. The van der Waals surface area contributed by atoms with Crippen LogP contribution in [0.15, 0.2) is 65.4 Å². The Kier molecular flexibility index (Phi) is 5.64. The molecule has 1 aromatic carbocycles. The highest BCUT2D eigenvalue weighted by Gasteiger charge is 2.27. The van der Waals surface area contributed by atoms with Gasteiger partial charge in [-0.3, -0.25) is 9.59 Å². The maximum atomic E-state index is 13.6. The summed E-state index contributed by atoms with van der Waals surface area (Å²) >= 11 is 0. The molecule has 3 aromatic heterocycles. The van der Waals surface area contributed by atoms with Crippen LogP contribution in [0.5, 0.6) is 0 Å². The number of nitrogens with one attached hydrogen (secondary N) is 1. The van der Waals surface area contributed by atoms with Crippen molar-refractivity contribution in [3.63, 3.8) is 0 Å². The average molecular weight is 444 g/mol. The summed E-state index contributed by atoms with van der Waals surface area (Å²) in [6.45, 7) is 3.14. The lowest BCUT2D eigenvalue weighted by molar-refractivity contribution is -0.119. The molecule has 33 heavy (non-hydrogen) atoms. The van der Waals surface area contributed by atoms with Crippen LogP contribution in [-0.2, 0) is 11.3 Å². The molecule has 1 saturated heterocycles. The zero-order chi connectivity index (χ0) is 22.8. The van der Waals surface area contributed by atoms with Crippen LogP contribution >= 0.6 is 0 Å². The van der Waals surface area contributed by atoms with Crippen LogP contribution in [0.3, 0.4) is 0 Å². The Bertz CT molecular complexity index is 1270. The van der Waals surface area contributed by atoms with E-state index in [4.69, 9.17) is 9.40 Å². The second-order valence-electron chi connectivity index (χ2n) is 8.31. The van der Waals surface area contributed by atoms with Gasteiger partial charge < -0.3 is 14.6 Å². The van der Waals surface area contributed by atoms with E-state index in [1.54, 1.807) is 17.1 Å². The van der Waals surface area contributed by atoms with Gasteiger partial charge in [0.1, 0.15) is 12.3 Å². The third-order valence-corrected chi connectivity index (χ3v) is 5.98. The van der Waals surface area contributed by atoms with Gasteiger partial charge >= 0.3 is 0 Å². The van der Waals surface area contributed by atoms with Gasteiger partial charge in [-0.15, -0.1) is 0 Å². The van der Waals surface area contributed by atoms with E-state index < -0.39 is 0 Å². The number of carbonyl (C=O) groups is 2. The zero-order valence-corrected chi connectivity index (χ0v) is 18.4. The fraction of sp³-hybridized carbons (Fsp3) is 0.280. The number of benzene rings is 1. The molecule has 1 aliphatic heterocycles. The predicted molar refractivity (Wildman–Crippen MR) is 124 cm³/mol. The molecule has 0 aliphatic carbocycles. The molecule has 8 nitrogen and oxygen atoms in total. The van der Waals surface area contributed by atoms with Crippen LogP contribution < -0.4 is 5.32 Å². The van der Waals surface area contributed by atoms with Gasteiger partial charge in [0.2, 0.25) is 5.91 Å². The van der Waals surface area contributed by atoms with Crippen molar-refractivity contribution in [1.82, 2.24) is 25.0 Å². The molecule has 0 spiro atoms. The number of carbonyl (C=O) groups excluding carboxylic acids is 2. The summed E-state index contributed by atoms with van der Waals surface area (Å²) in [4.78, 5) is 31.7. The molecule has 4 aromatic rings. The summed E-state index contributed by atoms with van der Waals surface area (Å²) in [6.07, 6.45) is 4.81. The van der Waals surface area contributed by atoms with Crippen molar-refractivity contribution in [3.05, 3.63) is 72.3 Å². The predicted octanol–water partition coefficient (Wildman–Crippen LogP) is 3.48. The summed E-state index contributed by atoms with van der Waals surface area (Å²) in [5.41, 5.74) is 2.89. The molecule has 1 aliphatic rings. The van der Waals surface area contributed by atoms with E-state index in [0.29, 0.717) is 30.8 Å². The van der Waals surface area contributed by atoms with E-state index in [2.05, 4.69) is 10.4 Å². The number of furan rings is 1. The quantitative estimate of drug-likeness (QED) is 0.510. The van der Waals surface area contributed by atoms with E-state index >= 15 is 0 Å². The van der Waals surface area contributed by atoms with Crippen LogP contribution in [0.4, 0.5) is 0 Å². The molecule has 5 rings (SSSR count). The SMILES string of the molecule is CC(=O)NC1CCN(C(=O)c2cc(-c3ccccc3)nc3c2cnn3Cc2ccco2)CC1. The van der Waals surface area contributed by atoms with Crippen molar-refractivity contribution < 1.29 is 14.0 Å². The van der Waals surface area contributed by atoms with E-state index in [1.165, 1.54) is 6.92 Å². The van der Waals surface area contributed by atoms with Crippen LogP contribution in [-0.4, -0.2) is 50.6 Å². The van der Waals surface area contributed by atoms with Gasteiger partial charge in [-0.1, -0.05) is 30.3 Å². The summed E-state index contributed by atoms with van der Waals surface area (Å²) < 4.78 is 7.25. The standard InChI is InChI=1S/C25H25N5O3/c1-17(31)27-19-9-11-29(12-10-19)25(32)21-14-23(18-6-3-2-4-7-18)28-24-22(21)15-26-30(24)16-20-8-5-13-33-20/h2-8,13-15,19H,9-12,16H2,1H3,(H,27,31). The summed E-state index contributed by atoms with van der Waals surface area (Å²) in [5.74, 6) is 0.685. The van der Waals surface area contributed by atoms with Crippen LogP contribution in [0.1, 0.15) is 35.9 Å². The lowest BCUT2D eigenvalue weighted by atomic mass is 10.0. The first-order chi connectivity index (χ1) is 16.1.